The van der Waals surface area contributed by atoms with Crippen molar-refractivity contribution >= 4 is 0 Å². The van der Waals surface area contributed by atoms with Crippen LogP contribution in [0.25, 0.3) is 0 Å². The van der Waals surface area contributed by atoms with Crippen LogP contribution in [0.1, 0.15) is 39.0 Å². The summed E-state index contributed by atoms with van der Waals surface area (Å²) in [6, 6.07) is 4.46. The molecule has 0 bridgehead atoms. The Kier molecular flexibility index (Phi) is 5.13. The van der Waals surface area contributed by atoms with E-state index >= 15 is 0 Å². The second-order valence-electron chi connectivity index (χ2n) is 5.97. The van der Waals surface area contributed by atoms with E-state index in [0.717, 1.165) is 18.5 Å². The molecule has 112 valence electrons. The lowest BCUT2D eigenvalue weighted by atomic mass is 9.82. The van der Waals surface area contributed by atoms with Crippen LogP contribution in [-0.2, 0) is 17.6 Å². The average Bonchev–Trinajstić information content (AvgIpc) is 2.71. The lowest BCUT2D eigenvalue weighted by Crippen LogP contribution is -2.46. The fraction of sp³-hybridized carbons (Fsp3) is 0.688. The molecule has 1 aliphatic heterocycles. The van der Waals surface area contributed by atoms with E-state index in [1.165, 1.54) is 5.56 Å². The number of nitrogens with zero attached hydrogens (tertiary/aromatic N) is 1. The summed E-state index contributed by atoms with van der Waals surface area (Å²) in [6.45, 7) is 8.67. The van der Waals surface area contributed by atoms with Crippen molar-refractivity contribution < 1.29 is 4.74 Å². The third-order valence-corrected chi connectivity index (χ3v) is 4.72. The number of aryl methyl sites for hydroxylation is 1. The maximum Gasteiger partial charge on any atom is 0.0597 e. The second-order valence-corrected chi connectivity index (χ2v) is 5.97. The summed E-state index contributed by atoms with van der Waals surface area (Å²) >= 11 is 0. The molecule has 1 fully saturated rings. The molecule has 4 heteroatoms. The summed E-state index contributed by atoms with van der Waals surface area (Å²) in [5, 5.41) is 0. The number of nitrogens with one attached hydrogen (secondary N) is 1. The monoisotopic (exact) mass is 277 g/mol. The molecule has 20 heavy (non-hydrogen) atoms. The lowest BCUT2D eigenvalue weighted by molar-refractivity contribution is 0.0475. The number of ether oxygens (including phenoxy) is 1. The number of rotatable bonds is 5. The summed E-state index contributed by atoms with van der Waals surface area (Å²) in [5.41, 5.74) is 5.34. The van der Waals surface area contributed by atoms with E-state index in [1.54, 1.807) is 0 Å². The van der Waals surface area contributed by atoms with Gasteiger partial charge in [-0.15, -0.1) is 0 Å². The van der Waals surface area contributed by atoms with Gasteiger partial charge in [-0.2, -0.15) is 0 Å². The molecular formula is C16H27N3O. The van der Waals surface area contributed by atoms with E-state index < -0.39 is 0 Å². The van der Waals surface area contributed by atoms with Crippen molar-refractivity contribution in [2.75, 3.05) is 0 Å². The minimum atomic E-state index is 0.199. The van der Waals surface area contributed by atoms with Crippen molar-refractivity contribution in [3.63, 3.8) is 0 Å². The van der Waals surface area contributed by atoms with Crippen LogP contribution in [0, 0.1) is 11.8 Å². The van der Waals surface area contributed by atoms with Crippen LogP contribution in [0.15, 0.2) is 18.3 Å². The second kappa shape index (κ2) is 6.66. The Labute approximate surface area is 122 Å². The maximum absolute atomic E-state index is 5.93. The molecule has 2 rings (SSSR count). The van der Waals surface area contributed by atoms with Crippen LogP contribution in [0.2, 0.25) is 0 Å². The molecule has 0 saturated carbocycles. The molecule has 1 aromatic rings. The van der Waals surface area contributed by atoms with Gasteiger partial charge in [0, 0.05) is 30.3 Å². The van der Waals surface area contributed by atoms with Gasteiger partial charge in [0.2, 0.25) is 0 Å². The third-order valence-electron chi connectivity index (χ3n) is 4.72. The third kappa shape index (κ3) is 3.19. The molecule has 0 aliphatic carbocycles. The number of hydrazine groups is 1. The highest BCUT2D eigenvalue weighted by molar-refractivity contribution is 5.15. The highest BCUT2D eigenvalue weighted by Crippen LogP contribution is 2.35. The van der Waals surface area contributed by atoms with Crippen molar-refractivity contribution in [1.82, 2.24) is 10.4 Å². The van der Waals surface area contributed by atoms with E-state index in [4.69, 9.17) is 10.6 Å². The quantitative estimate of drug-likeness (QED) is 0.639. The molecule has 0 amide bonds. The highest BCUT2D eigenvalue weighted by Gasteiger charge is 2.41. The molecule has 0 radical (unpaired) electrons. The van der Waals surface area contributed by atoms with Gasteiger partial charge < -0.3 is 4.74 Å². The van der Waals surface area contributed by atoms with E-state index in [0.29, 0.717) is 17.9 Å². The SMILES string of the molecule is CCc1ccc(CC(NN)C2C(C)OC(C)C2C)nc1. The zero-order valence-corrected chi connectivity index (χ0v) is 13.0. The Morgan fingerprint density at radius 2 is 2.05 bits per heavy atom. The molecular weight excluding hydrogens is 250 g/mol. The fourth-order valence-corrected chi connectivity index (χ4v) is 3.30. The zero-order chi connectivity index (χ0) is 14.7. The minimum absolute atomic E-state index is 0.199. The highest BCUT2D eigenvalue weighted by atomic mass is 16.5. The Hall–Kier alpha value is -0.970. The van der Waals surface area contributed by atoms with E-state index in [-0.39, 0.29) is 12.1 Å². The lowest BCUT2D eigenvalue weighted by Gasteiger charge is -2.28. The van der Waals surface area contributed by atoms with Gasteiger partial charge >= 0.3 is 0 Å². The van der Waals surface area contributed by atoms with Crippen LogP contribution in [-0.4, -0.2) is 23.2 Å². The van der Waals surface area contributed by atoms with Gasteiger partial charge in [0.1, 0.15) is 0 Å². The summed E-state index contributed by atoms with van der Waals surface area (Å²) in [6.07, 6.45) is 4.35. The van der Waals surface area contributed by atoms with Gasteiger partial charge in [-0.25, -0.2) is 0 Å². The normalized spacial score (nSPS) is 31.4. The van der Waals surface area contributed by atoms with Crippen LogP contribution in [0.5, 0.6) is 0 Å². The van der Waals surface area contributed by atoms with Gasteiger partial charge in [-0.3, -0.25) is 16.3 Å². The van der Waals surface area contributed by atoms with E-state index in [2.05, 4.69) is 50.2 Å². The van der Waals surface area contributed by atoms with Gasteiger partial charge in [0.05, 0.1) is 12.2 Å². The van der Waals surface area contributed by atoms with Gasteiger partial charge in [0.15, 0.2) is 0 Å². The first-order chi connectivity index (χ1) is 9.56. The molecule has 0 aromatic carbocycles. The van der Waals surface area contributed by atoms with Crippen LogP contribution in [0.4, 0.5) is 0 Å². The van der Waals surface area contributed by atoms with Crippen LogP contribution < -0.4 is 11.3 Å². The Balaban J connectivity index is 2.08. The first-order valence-corrected chi connectivity index (χ1v) is 7.62. The first-order valence-electron chi connectivity index (χ1n) is 7.62. The predicted molar refractivity (Wildman–Crippen MR) is 81.1 cm³/mol. The standard InChI is InChI=1S/C16H27N3O/c1-5-13-6-7-14(18-9-13)8-15(19-17)16-10(2)11(3)20-12(16)4/h6-7,9-12,15-16,19H,5,8,17H2,1-4H3. The number of aromatic nitrogens is 1. The summed E-state index contributed by atoms with van der Waals surface area (Å²) in [7, 11) is 0. The smallest absolute Gasteiger partial charge is 0.0597 e. The Morgan fingerprint density at radius 1 is 1.30 bits per heavy atom. The molecule has 5 unspecified atom stereocenters. The van der Waals surface area contributed by atoms with Crippen molar-refractivity contribution in [2.45, 2.75) is 58.8 Å². The molecule has 0 spiro atoms. The molecule has 4 nitrogen and oxygen atoms in total. The Morgan fingerprint density at radius 3 is 2.50 bits per heavy atom. The van der Waals surface area contributed by atoms with Crippen LogP contribution in [0.3, 0.4) is 0 Å². The zero-order valence-electron chi connectivity index (χ0n) is 13.0. The minimum Gasteiger partial charge on any atom is -0.375 e. The topological polar surface area (TPSA) is 60.2 Å². The molecule has 1 saturated heterocycles. The maximum atomic E-state index is 5.93. The van der Waals surface area contributed by atoms with Crippen molar-refractivity contribution in [3.05, 3.63) is 29.6 Å². The molecule has 1 aromatic heterocycles. The number of pyridine rings is 1. The predicted octanol–water partition coefficient (Wildman–Crippen LogP) is 2.08. The van der Waals surface area contributed by atoms with Crippen molar-refractivity contribution in [2.24, 2.45) is 17.7 Å². The molecule has 1 aliphatic rings. The van der Waals surface area contributed by atoms with Gasteiger partial charge in [-0.1, -0.05) is 19.9 Å². The summed E-state index contributed by atoms with van der Waals surface area (Å²) < 4.78 is 5.93. The Bertz CT molecular complexity index is 420. The van der Waals surface area contributed by atoms with Crippen molar-refractivity contribution in [3.8, 4) is 0 Å². The summed E-state index contributed by atoms with van der Waals surface area (Å²) in [5.74, 6) is 6.71. The summed E-state index contributed by atoms with van der Waals surface area (Å²) in [4.78, 5) is 4.54. The van der Waals surface area contributed by atoms with E-state index in [9.17, 15) is 0 Å². The number of hydrogen-bond donors (Lipinski definition) is 2. The van der Waals surface area contributed by atoms with Crippen molar-refractivity contribution in [1.29, 1.82) is 0 Å². The van der Waals surface area contributed by atoms with E-state index in [1.807, 2.05) is 6.20 Å². The van der Waals surface area contributed by atoms with Gasteiger partial charge in [0.25, 0.3) is 0 Å². The van der Waals surface area contributed by atoms with Crippen LogP contribution >= 0.6 is 0 Å². The fourth-order valence-electron chi connectivity index (χ4n) is 3.30. The van der Waals surface area contributed by atoms with Gasteiger partial charge in [-0.05, 0) is 37.8 Å². The number of hydrogen-bond acceptors (Lipinski definition) is 4. The number of nitrogens with two attached hydrogens (primary N) is 1. The molecule has 2 heterocycles. The first kappa shape index (κ1) is 15.4. The molecule has 5 atom stereocenters. The molecule has 3 N–H and O–H groups in total. The largest absolute Gasteiger partial charge is 0.375 e. The average molecular weight is 277 g/mol.